The number of carbonyl (C=O) groups excluding carboxylic acids is 2. The number of aryl methyl sites for hydroxylation is 1. The van der Waals surface area contributed by atoms with Gasteiger partial charge in [0.15, 0.2) is 11.6 Å². The Morgan fingerprint density at radius 1 is 0.867 bits per heavy atom. The topological polar surface area (TPSA) is 40.6 Å². The zero-order valence-electron chi connectivity index (χ0n) is 17.4. The smallest absolute Gasteiger partial charge is 0.228 e. The van der Waals surface area contributed by atoms with Crippen LogP contribution in [-0.4, -0.2) is 47.8 Å². The molecular weight excluding hydrogens is 386 g/mol. The summed E-state index contributed by atoms with van der Waals surface area (Å²) < 4.78 is 26.4. The minimum atomic E-state index is -0.878. The zero-order chi connectivity index (χ0) is 20.9. The molecule has 1 aromatic carbocycles. The fourth-order valence-electron chi connectivity index (χ4n) is 6.97. The Morgan fingerprint density at radius 3 is 2.00 bits per heavy atom. The maximum absolute atomic E-state index is 13.5. The predicted octanol–water partition coefficient (Wildman–Crippen LogP) is 3.78. The maximum atomic E-state index is 13.5. The van der Waals surface area contributed by atoms with Crippen molar-refractivity contribution in [2.45, 2.75) is 51.4 Å². The third kappa shape index (κ3) is 3.63. The van der Waals surface area contributed by atoms with E-state index >= 15 is 0 Å². The summed E-state index contributed by atoms with van der Waals surface area (Å²) in [7, 11) is 0. The lowest BCUT2D eigenvalue weighted by molar-refractivity contribution is -0.160. The summed E-state index contributed by atoms with van der Waals surface area (Å²) in [5.41, 5.74) is 0.506. The molecule has 0 aromatic heterocycles. The van der Waals surface area contributed by atoms with Crippen molar-refractivity contribution in [1.82, 2.24) is 9.80 Å². The Labute approximate surface area is 176 Å². The van der Waals surface area contributed by atoms with Crippen LogP contribution in [0.5, 0.6) is 0 Å². The van der Waals surface area contributed by atoms with Crippen molar-refractivity contribution in [3.63, 3.8) is 0 Å². The van der Waals surface area contributed by atoms with Crippen molar-refractivity contribution in [2.24, 2.45) is 23.2 Å². The molecule has 1 aliphatic heterocycles. The van der Waals surface area contributed by atoms with Crippen molar-refractivity contribution in [2.75, 3.05) is 26.2 Å². The zero-order valence-corrected chi connectivity index (χ0v) is 17.4. The Morgan fingerprint density at radius 2 is 1.43 bits per heavy atom. The monoisotopic (exact) mass is 416 g/mol. The van der Waals surface area contributed by atoms with Gasteiger partial charge in [-0.3, -0.25) is 9.59 Å². The van der Waals surface area contributed by atoms with Gasteiger partial charge in [0.05, 0.1) is 5.41 Å². The van der Waals surface area contributed by atoms with Crippen molar-refractivity contribution < 1.29 is 18.4 Å². The Hall–Kier alpha value is -1.98. The number of halogens is 2. The molecule has 0 spiro atoms. The second-order valence-corrected chi connectivity index (χ2v) is 10.1. The van der Waals surface area contributed by atoms with Crippen LogP contribution in [0.1, 0.15) is 50.5 Å². The van der Waals surface area contributed by atoms with E-state index in [1.807, 2.05) is 9.80 Å². The van der Waals surface area contributed by atoms with E-state index in [1.165, 1.54) is 25.3 Å². The van der Waals surface area contributed by atoms with Crippen LogP contribution in [0.2, 0.25) is 0 Å². The van der Waals surface area contributed by atoms with E-state index in [4.69, 9.17) is 0 Å². The molecule has 0 unspecified atom stereocenters. The fourth-order valence-corrected chi connectivity index (χ4v) is 6.97. The molecule has 1 heterocycles. The summed E-state index contributed by atoms with van der Waals surface area (Å²) in [5.74, 6) is 0.858. The van der Waals surface area contributed by atoms with E-state index in [0.717, 1.165) is 49.1 Å². The molecule has 4 bridgehead atoms. The minimum Gasteiger partial charge on any atom is -0.339 e. The summed E-state index contributed by atoms with van der Waals surface area (Å²) in [6.45, 7) is 2.35. The lowest BCUT2D eigenvalue weighted by atomic mass is 9.49. The van der Waals surface area contributed by atoms with Gasteiger partial charge in [-0.2, -0.15) is 0 Å². The van der Waals surface area contributed by atoms with Crippen LogP contribution in [0.15, 0.2) is 18.2 Å². The summed E-state index contributed by atoms with van der Waals surface area (Å²) in [6, 6.07) is 3.78. The summed E-state index contributed by atoms with van der Waals surface area (Å²) in [6.07, 6.45) is 7.87. The van der Waals surface area contributed by atoms with Gasteiger partial charge in [0.1, 0.15) is 0 Å². The van der Waals surface area contributed by atoms with Gasteiger partial charge in [-0.1, -0.05) is 6.07 Å². The van der Waals surface area contributed by atoms with Gasteiger partial charge in [-0.25, -0.2) is 8.78 Å². The first kappa shape index (κ1) is 20.0. The van der Waals surface area contributed by atoms with Crippen LogP contribution in [0.25, 0.3) is 0 Å². The number of amides is 2. The molecule has 4 saturated carbocycles. The van der Waals surface area contributed by atoms with E-state index in [-0.39, 0.29) is 17.7 Å². The first-order valence-corrected chi connectivity index (χ1v) is 11.4. The Balaban J connectivity index is 1.14. The van der Waals surface area contributed by atoms with Crippen LogP contribution < -0.4 is 0 Å². The predicted molar refractivity (Wildman–Crippen MR) is 108 cm³/mol. The second-order valence-electron chi connectivity index (χ2n) is 10.1. The highest BCUT2D eigenvalue weighted by molar-refractivity contribution is 5.84. The molecule has 5 fully saturated rings. The number of hydrogen-bond acceptors (Lipinski definition) is 2. The number of carbonyl (C=O) groups is 2. The number of hydrogen-bond donors (Lipinski definition) is 0. The minimum absolute atomic E-state index is 0.0154. The number of piperazine rings is 1. The Kier molecular flexibility index (Phi) is 5.06. The second kappa shape index (κ2) is 7.61. The van der Waals surface area contributed by atoms with E-state index in [9.17, 15) is 18.4 Å². The molecule has 4 aliphatic carbocycles. The molecule has 6 rings (SSSR count). The number of nitrogens with zero attached hydrogens (tertiary/aromatic N) is 2. The standard InChI is InChI=1S/C24H30F2N2O2/c25-20-3-1-16(12-21(20)26)2-4-22(29)27-5-7-28(8-6-27)23(30)24-13-17-9-18(14-24)11-19(10-17)15-24/h1,3,12,17-19H,2,4-11,13-15H2. The first-order valence-electron chi connectivity index (χ1n) is 11.4. The van der Waals surface area contributed by atoms with Crippen molar-refractivity contribution in [3.05, 3.63) is 35.4 Å². The molecule has 4 nitrogen and oxygen atoms in total. The molecule has 0 N–H and O–H groups in total. The summed E-state index contributed by atoms with van der Waals surface area (Å²) in [5, 5.41) is 0. The average Bonchev–Trinajstić information content (AvgIpc) is 2.73. The van der Waals surface area contributed by atoms with Crippen molar-refractivity contribution in [1.29, 1.82) is 0 Å². The molecule has 5 aliphatic rings. The lowest BCUT2D eigenvalue weighted by Gasteiger charge is -2.57. The van der Waals surface area contributed by atoms with Crippen molar-refractivity contribution >= 4 is 11.8 Å². The SMILES string of the molecule is O=C(CCc1ccc(F)c(F)c1)N1CCN(C(=O)C23CC4CC(CC(C4)C2)C3)CC1. The van der Waals surface area contributed by atoms with E-state index in [2.05, 4.69) is 0 Å². The van der Waals surface area contributed by atoms with Crippen LogP contribution in [0.3, 0.4) is 0 Å². The lowest BCUT2D eigenvalue weighted by Crippen LogP contribution is -2.58. The van der Waals surface area contributed by atoms with Gasteiger partial charge in [-0.15, -0.1) is 0 Å². The van der Waals surface area contributed by atoms with Crippen LogP contribution >= 0.6 is 0 Å². The summed E-state index contributed by atoms with van der Waals surface area (Å²) >= 11 is 0. The molecular formula is C24H30F2N2O2. The van der Waals surface area contributed by atoms with Gasteiger partial charge in [0.25, 0.3) is 0 Å². The van der Waals surface area contributed by atoms with E-state index < -0.39 is 11.6 Å². The molecule has 162 valence electrons. The van der Waals surface area contributed by atoms with Gasteiger partial charge in [-0.05, 0) is 80.4 Å². The van der Waals surface area contributed by atoms with Crippen molar-refractivity contribution in [3.8, 4) is 0 Å². The van der Waals surface area contributed by atoms with Crippen LogP contribution in [0, 0.1) is 34.8 Å². The van der Waals surface area contributed by atoms with Crippen LogP contribution in [0.4, 0.5) is 8.78 Å². The first-order chi connectivity index (χ1) is 14.4. The molecule has 2 amide bonds. The highest BCUT2D eigenvalue weighted by Crippen LogP contribution is 2.60. The number of benzene rings is 1. The molecule has 0 atom stereocenters. The maximum Gasteiger partial charge on any atom is 0.228 e. The molecule has 0 radical (unpaired) electrons. The molecule has 30 heavy (non-hydrogen) atoms. The van der Waals surface area contributed by atoms with Gasteiger partial charge < -0.3 is 9.80 Å². The van der Waals surface area contributed by atoms with Gasteiger partial charge in [0, 0.05) is 32.6 Å². The molecule has 1 saturated heterocycles. The van der Waals surface area contributed by atoms with E-state index in [1.54, 1.807) is 0 Å². The largest absolute Gasteiger partial charge is 0.339 e. The highest BCUT2D eigenvalue weighted by atomic mass is 19.2. The van der Waals surface area contributed by atoms with Gasteiger partial charge >= 0.3 is 0 Å². The third-order valence-corrected chi connectivity index (χ3v) is 8.02. The van der Waals surface area contributed by atoms with E-state index in [0.29, 0.717) is 44.1 Å². The third-order valence-electron chi connectivity index (χ3n) is 8.02. The fraction of sp³-hybridized carbons (Fsp3) is 0.667. The normalized spacial score (nSPS) is 32.5. The Bertz CT molecular complexity index is 812. The molecule has 6 heteroatoms. The quantitative estimate of drug-likeness (QED) is 0.750. The van der Waals surface area contributed by atoms with Gasteiger partial charge in [0.2, 0.25) is 11.8 Å². The average molecular weight is 417 g/mol. The van der Waals surface area contributed by atoms with Crippen LogP contribution in [-0.2, 0) is 16.0 Å². The highest BCUT2D eigenvalue weighted by Gasteiger charge is 2.55. The number of rotatable bonds is 4. The summed E-state index contributed by atoms with van der Waals surface area (Å²) in [4.78, 5) is 29.8. The molecule has 1 aromatic rings.